The minimum Gasteiger partial charge on any atom is -0.420 e. The van der Waals surface area contributed by atoms with E-state index >= 15 is 0 Å². The number of benzene rings is 2. The molecule has 4 rings (SSSR count). The van der Waals surface area contributed by atoms with Crippen LogP contribution in [-0.2, 0) is 0 Å². The van der Waals surface area contributed by atoms with Gasteiger partial charge in [0.05, 0.1) is 22.1 Å². The molecule has 138 valence electrons. The third-order valence-corrected chi connectivity index (χ3v) is 4.78. The maximum atomic E-state index is 11.2. The quantitative estimate of drug-likeness (QED) is 0.533. The summed E-state index contributed by atoms with van der Waals surface area (Å²) in [6.45, 7) is 1.95. The number of nitro benzene ring substituents is 1. The van der Waals surface area contributed by atoms with Gasteiger partial charge >= 0.3 is 0 Å². The lowest BCUT2D eigenvalue weighted by atomic mass is 9.81. The summed E-state index contributed by atoms with van der Waals surface area (Å²) in [7, 11) is 0. The van der Waals surface area contributed by atoms with Crippen LogP contribution in [0.4, 0.5) is 5.69 Å². The molecule has 0 radical (unpaired) electrons. The number of nitro groups is 1. The molecular weight excluding hydrogens is 358 g/mol. The molecule has 1 aliphatic rings. The molecule has 2 aromatic carbocycles. The summed E-state index contributed by atoms with van der Waals surface area (Å²) in [4.78, 5) is 10.7. The number of aryl methyl sites for hydroxylation is 1. The summed E-state index contributed by atoms with van der Waals surface area (Å²) in [6.07, 6.45) is 0. The lowest BCUT2D eigenvalue weighted by Gasteiger charge is -2.25. The first-order valence-corrected chi connectivity index (χ1v) is 8.47. The first-order chi connectivity index (χ1) is 13.5. The van der Waals surface area contributed by atoms with Gasteiger partial charge in [0.25, 0.3) is 5.69 Å². The predicted octanol–water partition coefficient (Wildman–Crippen LogP) is 3.51. The Labute approximate surface area is 160 Å². The lowest BCUT2D eigenvalue weighted by molar-refractivity contribution is -0.384. The van der Waals surface area contributed by atoms with Crippen LogP contribution >= 0.6 is 0 Å². The zero-order chi connectivity index (χ0) is 19.8. The van der Waals surface area contributed by atoms with Gasteiger partial charge in [-0.05, 0) is 18.1 Å². The molecule has 1 aliphatic heterocycles. The van der Waals surface area contributed by atoms with Crippen molar-refractivity contribution in [1.29, 1.82) is 5.26 Å². The predicted molar refractivity (Wildman–Crippen MR) is 101 cm³/mol. The second kappa shape index (κ2) is 6.55. The molecule has 0 saturated carbocycles. The number of aromatic nitrogens is 2. The number of allylic oxidation sites excluding steroid dienone is 1. The van der Waals surface area contributed by atoms with Gasteiger partial charge in [-0.3, -0.25) is 15.2 Å². The molecule has 0 amide bonds. The van der Waals surface area contributed by atoms with Crippen molar-refractivity contribution < 1.29 is 9.66 Å². The summed E-state index contributed by atoms with van der Waals surface area (Å²) < 4.78 is 5.57. The van der Waals surface area contributed by atoms with Crippen molar-refractivity contribution in [2.24, 2.45) is 5.73 Å². The molecule has 1 aromatic heterocycles. The van der Waals surface area contributed by atoms with Gasteiger partial charge in [-0.15, -0.1) is 5.10 Å². The Hall–Kier alpha value is -4.12. The van der Waals surface area contributed by atoms with Gasteiger partial charge < -0.3 is 10.5 Å². The molecule has 0 spiro atoms. The maximum absolute atomic E-state index is 11.2. The topological polar surface area (TPSA) is 131 Å². The van der Waals surface area contributed by atoms with Crippen molar-refractivity contribution >= 4 is 5.69 Å². The first-order valence-electron chi connectivity index (χ1n) is 8.47. The fraction of sp³-hybridized carbons (Fsp3) is 0.100. The second-order valence-corrected chi connectivity index (χ2v) is 6.41. The summed E-state index contributed by atoms with van der Waals surface area (Å²) in [5.41, 5.74) is 9.83. The van der Waals surface area contributed by atoms with E-state index in [1.165, 1.54) is 12.1 Å². The molecule has 0 bridgehead atoms. The summed E-state index contributed by atoms with van der Waals surface area (Å²) in [5, 5.41) is 28.0. The third kappa shape index (κ3) is 2.66. The maximum Gasteiger partial charge on any atom is 0.270 e. The number of nitriles is 1. The highest BCUT2D eigenvalue weighted by Crippen LogP contribution is 2.46. The normalized spacial score (nSPS) is 15.5. The van der Waals surface area contributed by atoms with Gasteiger partial charge in [0, 0.05) is 17.7 Å². The molecular formula is C20H15N5O3. The number of aromatic amines is 1. The van der Waals surface area contributed by atoms with Crippen LogP contribution in [0.3, 0.4) is 0 Å². The van der Waals surface area contributed by atoms with Crippen LogP contribution in [0.2, 0.25) is 0 Å². The Morgan fingerprint density at radius 2 is 2.07 bits per heavy atom. The van der Waals surface area contributed by atoms with E-state index in [1.807, 2.05) is 31.2 Å². The van der Waals surface area contributed by atoms with Crippen molar-refractivity contribution in [3.8, 4) is 23.2 Å². The van der Waals surface area contributed by atoms with Crippen LogP contribution in [0, 0.1) is 28.4 Å². The van der Waals surface area contributed by atoms with Crippen LogP contribution in [0.5, 0.6) is 5.88 Å². The number of hydrogen-bond donors (Lipinski definition) is 2. The SMILES string of the molecule is Cc1ccccc1C1C(C#N)=C(N)Oc2n[nH]c(-c3cccc([N+](=O)[O-])c3)c21. The number of non-ortho nitro benzene ring substituents is 1. The Balaban J connectivity index is 1.97. The summed E-state index contributed by atoms with van der Waals surface area (Å²) in [6, 6.07) is 16.0. The first kappa shape index (κ1) is 17.3. The zero-order valence-electron chi connectivity index (χ0n) is 14.8. The van der Waals surface area contributed by atoms with Crippen molar-refractivity contribution in [2.75, 3.05) is 0 Å². The van der Waals surface area contributed by atoms with E-state index in [9.17, 15) is 15.4 Å². The molecule has 0 fully saturated rings. The number of nitrogens with two attached hydrogens (primary N) is 1. The highest BCUT2D eigenvalue weighted by molar-refractivity contribution is 5.72. The van der Waals surface area contributed by atoms with E-state index < -0.39 is 10.8 Å². The van der Waals surface area contributed by atoms with E-state index in [0.717, 1.165) is 11.1 Å². The number of hydrogen-bond acceptors (Lipinski definition) is 6. The molecule has 3 aromatic rings. The highest BCUT2D eigenvalue weighted by atomic mass is 16.6. The van der Waals surface area contributed by atoms with Crippen LogP contribution in [-0.4, -0.2) is 15.1 Å². The van der Waals surface area contributed by atoms with Gasteiger partial charge in [0.2, 0.25) is 11.8 Å². The Morgan fingerprint density at radius 3 is 2.79 bits per heavy atom. The number of nitrogens with one attached hydrogen (secondary N) is 1. The summed E-state index contributed by atoms with van der Waals surface area (Å²) >= 11 is 0. The van der Waals surface area contributed by atoms with Gasteiger partial charge in [0.15, 0.2) is 0 Å². The average Bonchev–Trinajstić information content (AvgIpc) is 3.11. The second-order valence-electron chi connectivity index (χ2n) is 6.41. The highest BCUT2D eigenvalue weighted by Gasteiger charge is 2.36. The van der Waals surface area contributed by atoms with Gasteiger partial charge in [-0.1, -0.05) is 36.4 Å². The number of nitrogens with zero attached hydrogens (tertiary/aromatic N) is 3. The van der Waals surface area contributed by atoms with Crippen LogP contribution in [0.25, 0.3) is 11.3 Å². The van der Waals surface area contributed by atoms with E-state index in [-0.39, 0.29) is 23.0 Å². The number of H-pyrrole nitrogens is 1. The largest absolute Gasteiger partial charge is 0.420 e. The van der Waals surface area contributed by atoms with Crippen LogP contribution < -0.4 is 10.5 Å². The monoisotopic (exact) mass is 373 g/mol. The number of rotatable bonds is 3. The van der Waals surface area contributed by atoms with Gasteiger partial charge in [-0.25, -0.2) is 0 Å². The average molecular weight is 373 g/mol. The molecule has 8 nitrogen and oxygen atoms in total. The zero-order valence-corrected chi connectivity index (χ0v) is 14.8. The molecule has 1 unspecified atom stereocenters. The minimum atomic E-state index is -0.497. The fourth-order valence-corrected chi connectivity index (χ4v) is 3.46. The van der Waals surface area contributed by atoms with Gasteiger partial charge in [0.1, 0.15) is 11.6 Å². The van der Waals surface area contributed by atoms with Gasteiger partial charge in [-0.2, -0.15) is 5.26 Å². The Morgan fingerprint density at radius 1 is 1.29 bits per heavy atom. The number of ether oxygens (including phenoxy) is 1. The molecule has 0 aliphatic carbocycles. The van der Waals surface area contributed by atoms with E-state index in [2.05, 4.69) is 16.3 Å². The van der Waals surface area contributed by atoms with Crippen molar-refractivity contribution in [1.82, 2.24) is 10.2 Å². The van der Waals surface area contributed by atoms with Crippen LogP contribution in [0.1, 0.15) is 22.6 Å². The Bertz CT molecular complexity index is 1170. The van der Waals surface area contributed by atoms with E-state index in [4.69, 9.17) is 10.5 Å². The van der Waals surface area contributed by atoms with E-state index in [0.29, 0.717) is 16.8 Å². The summed E-state index contributed by atoms with van der Waals surface area (Å²) in [5.74, 6) is -0.241. The Kier molecular flexibility index (Phi) is 4.05. The molecule has 28 heavy (non-hydrogen) atoms. The molecule has 2 heterocycles. The smallest absolute Gasteiger partial charge is 0.270 e. The third-order valence-electron chi connectivity index (χ3n) is 4.78. The molecule has 3 N–H and O–H groups in total. The minimum absolute atomic E-state index is 0.000320. The van der Waals surface area contributed by atoms with Crippen molar-refractivity contribution in [2.45, 2.75) is 12.8 Å². The van der Waals surface area contributed by atoms with Crippen LogP contribution in [0.15, 0.2) is 60.0 Å². The van der Waals surface area contributed by atoms with E-state index in [1.54, 1.807) is 12.1 Å². The lowest BCUT2D eigenvalue weighted by Crippen LogP contribution is -2.21. The molecule has 0 saturated heterocycles. The fourth-order valence-electron chi connectivity index (χ4n) is 3.46. The van der Waals surface area contributed by atoms with Crippen molar-refractivity contribution in [3.63, 3.8) is 0 Å². The molecule has 1 atom stereocenters. The molecule has 8 heteroatoms. The van der Waals surface area contributed by atoms with Crippen molar-refractivity contribution in [3.05, 3.63) is 86.8 Å². The number of fused-ring (bicyclic) bond motifs is 1. The standard InChI is InChI=1S/C20H15N5O3/c1-11-5-2-3-8-14(11)16-15(10-21)19(22)28-20-17(16)18(23-24-20)12-6-4-7-13(9-12)25(26)27/h2-9,16H,22H2,1H3,(H,23,24).